The van der Waals surface area contributed by atoms with Crippen LogP contribution in [-0.4, -0.2) is 10.3 Å². The van der Waals surface area contributed by atoms with E-state index in [9.17, 15) is 0 Å². The highest BCUT2D eigenvalue weighted by Gasteiger charge is 2.83. The fourth-order valence-electron chi connectivity index (χ4n) is 21.6. The molecule has 12 unspecified atom stereocenters. The molecule has 196 valence electrons. The van der Waals surface area contributed by atoms with Crippen LogP contribution in [0.15, 0.2) is 0 Å². The molecule has 20 aliphatic carbocycles. The van der Waals surface area contributed by atoms with Crippen molar-refractivity contribution in [1.29, 1.82) is 0 Å². The molecule has 12 atom stereocenters. The summed E-state index contributed by atoms with van der Waals surface area (Å²) in [6, 6.07) is 0. The third-order valence-electron chi connectivity index (χ3n) is 20.0. The lowest BCUT2D eigenvalue weighted by atomic mass is 9.21. The minimum absolute atomic E-state index is 0.855. The second-order valence-electron chi connectivity index (χ2n) is 19.9. The van der Waals surface area contributed by atoms with Gasteiger partial charge < -0.3 is 0 Å². The Morgan fingerprint density at radius 3 is 1.08 bits per heavy atom. The van der Waals surface area contributed by atoms with Gasteiger partial charge in [-0.05, 0) is 218 Å². The summed E-state index contributed by atoms with van der Waals surface area (Å²) in [6.45, 7) is 0. The lowest BCUT2D eigenvalue weighted by Crippen LogP contribution is -2.80. The van der Waals surface area contributed by atoms with Crippen LogP contribution in [0, 0.1) is 117 Å². The van der Waals surface area contributed by atoms with Gasteiger partial charge in [-0.2, -0.15) is 0 Å². The lowest BCUT2D eigenvalue weighted by Gasteiger charge is -2.87. The van der Waals surface area contributed by atoms with Gasteiger partial charge in [-0.25, -0.2) is 0 Å². The van der Waals surface area contributed by atoms with Crippen molar-refractivity contribution >= 4 is 8.58 Å². The Morgan fingerprint density at radius 1 is 0.351 bits per heavy atom. The molecule has 20 rings (SSSR count). The van der Waals surface area contributed by atoms with E-state index in [0.29, 0.717) is 0 Å². The Labute approximate surface area is 225 Å². The van der Waals surface area contributed by atoms with Gasteiger partial charge in [-0.1, -0.05) is 0 Å². The highest BCUT2D eigenvalue weighted by Crippen LogP contribution is 2.91. The second-order valence-corrected chi connectivity index (χ2v) is 22.3. The molecule has 1 heteroatoms. The van der Waals surface area contributed by atoms with E-state index in [1.54, 1.807) is 89.9 Å². The van der Waals surface area contributed by atoms with E-state index in [2.05, 4.69) is 0 Å². The summed E-state index contributed by atoms with van der Waals surface area (Å²) < 4.78 is 0. The maximum atomic E-state index is 1.79. The maximum absolute atomic E-state index is 1.79. The van der Waals surface area contributed by atoms with Crippen LogP contribution in [0.4, 0.5) is 0 Å². The fourth-order valence-corrected chi connectivity index (χ4v) is 24.9. The van der Waals surface area contributed by atoms with Gasteiger partial charge in [0.1, 0.15) is 0 Å². The first kappa shape index (κ1) is 19.5. The number of hydrogen-bond donors (Lipinski definition) is 0. The zero-order valence-electron chi connectivity index (χ0n) is 22.8. The molecule has 20 saturated carbocycles. The molecular weight excluding hydrogens is 463 g/mol. The second kappa shape index (κ2) is 5.24. The highest BCUT2D eigenvalue weighted by molar-refractivity contribution is 7.42. The van der Waals surface area contributed by atoms with Gasteiger partial charge in [-0.15, -0.1) is 8.58 Å². The van der Waals surface area contributed by atoms with Crippen molar-refractivity contribution in [2.75, 3.05) is 0 Å². The van der Waals surface area contributed by atoms with Gasteiger partial charge in [-0.3, -0.25) is 0 Å². The summed E-state index contributed by atoms with van der Waals surface area (Å²) in [5.41, 5.74) is 1.80. The zero-order valence-corrected chi connectivity index (χ0v) is 23.8. The molecule has 0 aromatic rings. The van der Waals surface area contributed by atoms with E-state index >= 15 is 0 Å². The van der Waals surface area contributed by atoms with Crippen molar-refractivity contribution in [2.45, 2.75) is 100 Å². The molecule has 0 radical (unpaired) electrons. The summed E-state index contributed by atoms with van der Waals surface area (Å²) in [6.07, 6.45) is 24.4. The molecule has 22 bridgehead atoms. The molecule has 2 spiro atoms. The minimum Gasteiger partial charge on any atom is -0.109 e. The smallest absolute Gasteiger partial charge is 0.0106 e. The van der Waals surface area contributed by atoms with Gasteiger partial charge in [0.2, 0.25) is 0 Å². The molecule has 0 N–H and O–H groups in total. The predicted octanol–water partition coefficient (Wildman–Crippen LogP) is 7.86. The standard InChI is InChI=1S/C36H47P/c1-15-2-22-17-5-19-25-9-33(10-26(19)30(22)35(7-15,13-33)29(25)21(1)17)37-34-11-27-20-6-18-23-3-16-4-24(18)32(28(20)12-34)36(8-16,14-34)31(23)27/h15-32,37H,1-14H2. The molecule has 0 amide bonds. The minimum atomic E-state index is 0.855. The van der Waals surface area contributed by atoms with Gasteiger partial charge in [0.25, 0.3) is 0 Å². The summed E-state index contributed by atoms with van der Waals surface area (Å²) >= 11 is 0. The molecule has 20 aliphatic rings. The Kier molecular flexibility index (Phi) is 2.77. The van der Waals surface area contributed by atoms with Crippen molar-refractivity contribution in [3.05, 3.63) is 0 Å². The van der Waals surface area contributed by atoms with Crippen molar-refractivity contribution in [2.24, 2.45) is 117 Å². The van der Waals surface area contributed by atoms with Crippen LogP contribution in [0.3, 0.4) is 0 Å². The predicted molar refractivity (Wildman–Crippen MR) is 146 cm³/mol. The molecule has 37 heavy (non-hydrogen) atoms. The zero-order chi connectivity index (χ0) is 23.0. The molecular formula is C36H47P. The van der Waals surface area contributed by atoms with Crippen LogP contribution in [-0.2, 0) is 0 Å². The Bertz CT molecular complexity index is 1060. The van der Waals surface area contributed by atoms with Gasteiger partial charge >= 0.3 is 0 Å². The van der Waals surface area contributed by atoms with Crippen molar-refractivity contribution in [1.82, 2.24) is 0 Å². The fraction of sp³-hybridized carbons (Fsp3) is 1.00. The van der Waals surface area contributed by atoms with Crippen LogP contribution in [0.2, 0.25) is 0 Å². The first-order chi connectivity index (χ1) is 18.1. The van der Waals surface area contributed by atoms with Gasteiger partial charge in [0, 0.05) is 0 Å². The molecule has 0 aliphatic heterocycles. The molecule has 0 aromatic heterocycles. The van der Waals surface area contributed by atoms with E-state index in [-0.39, 0.29) is 0 Å². The molecule has 20 fully saturated rings. The van der Waals surface area contributed by atoms with Gasteiger partial charge in [0.15, 0.2) is 0 Å². The van der Waals surface area contributed by atoms with Crippen LogP contribution in [0.5, 0.6) is 0 Å². The van der Waals surface area contributed by atoms with Crippen LogP contribution >= 0.6 is 8.58 Å². The van der Waals surface area contributed by atoms with Crippen LogP contribution in [0.1, 0.15) is 89.9 Å². The topological polar surface area (TPSA) is 0 Å². The molecule has 0 saturated heterocycles. The SMILES string of the molecule is C1C2C3CC4CC2C2C5CC6(PC78CC9C%10CC%11C%12CC%13CC%11C(C%10C7)C(C%13)(C8)C%129)CC(C15)C3C2(C4)C6. The Hall–Kier alpha value is 0.430. The van der Waals surface area contributed by atoms with Crippen LogP contribution in [0.25, 0.3) is 0 Å². The van der Waals surface area contributed by atoms with E-state index in [1.807, 2.05) is 0 Å². The van der Waals surface area contributed by atoms with E-state index < -0.39 is 0 Å². The quantitative estimate of drug-likeness (QED) is 0.332. The normalized spacial score (nSPS) is 83.0. The van der Waals surface area contributed by atoms with E-state index in [1.165, 1.54) is 115 Å². The average Bonchev–Trinajstić information content (AvgIpc) is 2.85. The van der Waals surface area contributed by atoms with Crippen molar-refractivity contribution < 1.29 is 0 Å². The highest BCUT2D eigenvalue weighted by atomic mass is 31.1. The van der Waals surface area contributed by atoms with E-state index in [4.69, 9.17) is 0 Å². The maximum Gasteiger partial charge on any atom is -0.0106 e. The molecule has 0 heterocycles. The third kappa shape index (κ3) is 1.68. The average molecular weight is 511 g/mol. The molecule has 0 nitrogen and oxygen atoms in total. The number of rotatable bonds is 2. The first-order valence-corrected chi connectivity index (χ1v) is 18.9. The van der Waals surface area contributed by atoms with E-state index in [0.717, 1.165) is 21.1 Å². The monoisotopic (exact) mass is 510 g/mol. The number of hydrogen-bond acceptors (Lipinski definition) is 0. The first-order valence-electron chi connectivity index (χ1n) is 17.9. The summed E-state index contributed by atoms with van der Waals surface area (Å²) in [5.74, 6) is 22.1. The summed E-state index contributed by atoms with van der Waals surface area (Å²) in [5, 5.41) is 1.71. The largest absolute Gasteiger partial charge is 0.109 e. The molecule has 0 aromatic carbocycles. The van der Waals surface area contributed by atoms with Crippen molar-refractivity contribution in [3.8, 4) is 0 Å². The van der Waals surface area contributed by atoms with Gasteiger partial charge in [0.05, 0.1) is 0 Å². The van der Waals surface area contributed by atoms with Crippen LogP contribution < -0.4 is 0 Å². The van der Waals surface area contributed by atoms with Crippen molar-refractivity contribution in [3.63, 3.8) is 0 Å². The summed E-state index contributed by atoms with van der Waals surface area (Å²) in [7, 11) is 1.42. The third-order valence-corrected chi connectivity index (χ3v) is 22.2. The Balaban J connectivity index is 0.906. The Morgan fingerprint density at radius 2 is 0.703 bits per heavy atom. The summed E-state index contributed by atoms with van der Waals surface area (Å²) in [4.78, 5) is 0. The lowest BCUT2D eigenvalue weighted by molar-refractivity contribution is -0.346.